The second-order valence-electron chi connectivity index (χ2n) is 7.86. The molecule has 0 saturated heterocycles. The van der Waals surface area contributed by atoms with Gasteiger partial charge >= 0.3 is 0 Å². The molecule has 1 heterocycles. The molecule has 14 heteroatoms. The quantitative estimate of drug-likeness (QED) is 0.0701. The van der Waals surface area contributed by atoms with Crippen LogP contribution >= 0.6 is 34.4 Å². The zero-order valence-electron chi connectivity index (χ0n) is 20.4. The molecule has 0 aliphatic heterocycles. The third-order valence-corrected chi connectivity index (χ3v) is 6.90. The molecule has 0 atom stereocenters. The van der Waals surface area contributed by atoms with Gasteiger partial charge in [-0.25, -0.2) is 5.43 Å². The minimum absolute atomic E-state index is 0.0168. The number of hydrogen-bond donors (Lipinski definition) is 3. The molecule has 0 unspecified atom stereocenters. The van der Waals surface area contributed by atoms with Crippen molar-refractivity contribution < 1.29 is 19.6 Å². The van der Waals surface area contributed by atoms with Crippen LogP contribution in [0.5, 0.6) is 11.5 Å². The number of rotatable bonds is 11. The first-order valence-electron chi connectivity index (χ1n) is 11.3. The Morgan fingerprint density at radius 1 is 1.21 bits per heavy atom. The van der Waals surface area contributed by atoms with Gasteiger partial charge in [0.2, 0.25) is 0 Å². The van der Waals surface area contributed by atoms with Gasteiger partial charge in [-0.2, -0.15) is 5.10 Å². The van der Waals surface area contributed by atoms with Gasteiger partial charge in [-0.3, -0.25) is 19.5 Å². The highest BCUT2D eigenvalue weighted by Gasteiger charge is 2.17. The molecule has 4 aromatic rings. The number of nitrogens with one attached hydrogen (secondary N) is 2. The van der Waals surface area contributed by atoms with Gasteiger partial charge in [-0.15, -0.1) is 10.2 Å². The number of thioether (sulfide) groups is 1. The predicted molar refractivity (Wildman–Crippen MR) is 156 cm³/mol. The van der Waals surface area contributed by atoms with Crippen LogP contribution in [-0.4, -0.2) is 49.8 Å². The van der Waals surface area contributed by atoms with E-state index in [9.17, 15) is 20.0 Å². The van der Waals surface area contributed by atoms with Crippen LogP contribution in [0.25, 0.3) is 5.69 Å². The third-order valence-electron chi connectivity index (χ3n) is 5.25. The molecule has 1 aromatic heterocycles. The first kappa shape index (κ1) is 27.8. The summed E-state index contributed by atoms with van der Waals surface area (Å²) in [4.78, 5) is 23.0. The van der Waals surface area contributed by atoms with Crippen molar-refractivity contribution in [1.29, 1.82) is 0 Å². The van der Waals surface area contributed by atoms with Crippen molar-refractivity contribution in [2.45, 2.75) is 11.7 Å². The Balaban J connectivity index is 1.44. The van der Waals surface area contributed by atoms with Gasteiger partial charge in [0.25, 0.3) is 11.6 Å². The summed E-state index contributed by atoms with van der Waals surface area (Å²) in [6.07, 6.45) is 1.11. The normalized spacial score (nSPS) is 10.9. The highest BCUT2D eigenvalue weighted by molar-refractivity contribution is 14.1. The molecule has 0 aliphatic carbocycles. The zero-order valence-corrected chi connectivity index (χ0v) is 23.4. The smallest absolute Gasteiger partial charge is 0.274 e. The molecule has 3 N–H and O–H groups in total. The van der Waals surface area contributed by atoms with E-state index in [1.807, 2.05) is 59.2 Å². The first-order chi connectivity index (χ1) is 18.9. The van der Waals surface area contributed by atoms with Gasteiger partial charge in [0.05, 0.1) is 36.6 Å². The number of halogens is 1. The van der Waals surface area contributed by atoms with Crippen molar-refractivity contribution in [3.63, 3.8) is 0 Å². The van der Waals surface area contributed by atoms with E-state index in [-0.39, 0.29) is 28.5 Å². The average molecular weight is 659 g/mol. The van der Waals surface area contributed by atoms with E-state index in [2.05, 4.69) is 48.6 Å². The number of non-ortho nitro benzene ring substituents is 1. The monoisotopic (exact) mass is 659 g/mol. The summed E-state index contributed by atoms with van der Waals surface area (Å²) in [5.41, 5.74) is 3.86. The number of carbonyl (C=O) groups is 1. The van der Waals surface area contributed by atoms with Crippen LogP contribution in [0.2, 0.25) is 0 Å². The second-order valence-corrected chi connectivity index (χ2v) is 10.0. The first-order valence-corrected chi connectivity index (χ1v) is 13.4. The zero-order chi connectivity index (χ0) is 27.8. The number of nitrogens with zero attached hydrogens (tertiary/aromatic N) is 5. The highest BCUT2D eigenvalue weighted by atomic mass is 127. The van der Waals surface area contributed by atoms with E-state index < -0.39 is 10.8 Å². The van der Waals surface area contributed by atoms with Crippen molar-refractivity contribution in [3.8, 4) is 17.2 Å². The van der Waals surface area contributed by atoms with Crippen LogP contribution in [0.4, 0.5) is 11.4 Å². The lowest BCUT2D eigenvalue weighted by Crippen LogP contribution is -2.20. The standard InChI is InChI=1S/C25H22IN7O5S/c1-38-21-12-20(33(36)37)11-16(24(21)35)13-28-30-23(34)15-39-25-31-29-22(32(25)19-5-3-2-4-6-19)14-27-18-9-7-17(26)8-10-18/h2-13,27,35H,14-15H2,1H3,(H,30,34)/b28-13-. The Labute approximate surface area is 240 Å². The molecule has 0 aliphatic rings. The number of nitro benzene ring substituents is 1. The van der Waals surface area contributed by atoms with Gasteiger partial charge in [-0.1, -0.05) is 30.0 Å². The number of nitro groups is 1. The van der Waals surface area contributed by atoms with Crippen LogP contribution in [0.1, 0.15) is 11.4 Å². The van der Waals surface area contributed by atoms with Crippen molar-refractivity contribution >= 4 is 57.8 Å². The number of para-hydroxylation sites is 1. The summed E-state index contributed by atoms with van der Waals surface area (Å²) in [6.45, 7) is 0.412. The molecule has 0 saturated carbocycles. The maximum atomic E-state index is 12.5. The SMILES string of the molecule is COc1cc([N+](=O)[O-])cc(/C=N\NC(=O)CSc2nnc(CNc3ccc(I)cc3)n2-c2ccccc2)c1O. The Morgan fingerprint density at radius 3 is 2.64 bits per heavy atom. The predicted octanol–water partition coefficient (Wildman–Crippen LogP) is 4.35. The maximum Gasteiger partial charge on any atom is 0.274 e. The van der Waals surface area contributed by atoms with Crippen molar-refractivity contribution in [3.05, 3.63) is 91.8 Å². The number of benzene rings is 3. The number of amides is 1. The number of hydrazone groups is 1. The highest BCUT2D eigenvalue weighted by Crippen LogP contribution is 2.33. The topological polar surface area (TPSA) is 157 Å². The van der Waals surface area contributed by atoms with Crippen LogP contribution in [0.3, 0.4) is 0 Å². The molecule has 1 amide bonds. The summed E-state index contributed by atoms with van der Waals surface area (Å²) in [5.74, 6) is -0.236. The van der Waals surface area contributed by atoms with E-state index >= 15 is 0 Å². The second kappa shape index (κ2) is 13.1. The molecule has 0 fully saturated rings. The number of methoxy groups -OCH3 is 1. The number of ether oxygens (including phenoxy) is 1. The van der Waals surface area contributed by atoms with E-state index in [0.29, 0.717) is 17.5 Å². The van der Waals surface area contributed by atoms with Crippen LogP contribution in [0.15, 0.2) is 77.0 Å². The molecule has 39 heavy (non-hydrogen) atoms. The van der Waals surface area contributed by atoms with E-state index in [1.165, 1.54) is 18.9 Å². The van der Waals surface area contributed by atoms with Gasteiger partial charge in [0, 0.05) is 26.6 Å². The number of aromatic nitrogens is 3. The van der Waals surface area contributed by atoms with Crippen molar-refractivity contribution in [2.24, 2.45) is 5.10 Å². The number of hydrogen-bond acceptors (Lipinski definition) is 10. The van der Waals surface area contributed by atoms with Gasteiger partial charge in [0.15, 0.2) is 22.5 Å². The molecule has 12 nitrogen and oxygen atoms in total. The lowest BCUT2D eigenvalue weighted by atomic mass is 10.2. The van der Waals surface area contributed by atoms with E-state index in [1.54, 1.807) is 0 Å². The lowest BCUT2D eigenvalue weighted by Gasteiger charge is -2.11. The fraction of sp³-hybridized carbons (Fsp3) is 0.120. The fourth-order valence-electron chi connectivity index (χ4n) is 3.40. The Hall–Kier alpha value is -4.18. The molecule has 0 bridgehead atoms. The van der Waals surface area contributed by atoms with Gasteiger partial charge < -0.3 is 15.2 Å². The number of aromatic hydroxyl groups is 1. The minimum Gasteiger partial charge on any atom is -0.504 e. The molecule has 3 aromatic carbocycles. The fourth-order valence-corrected chi connectivity index (χ4v) is 4.53. The van der Waals surface area contributed by atoms with Crippen LogP contribution in [-0.2, 0) is 11.3 Å². The molecular weight excluding hydrogens is 637 g/mol. The number of carbonyl (C=O) groups excluding carboxylic acids is 1. The molecule has 200 valence electrons. The molecule has 4 rings (SSSR count). The summed E-state index contributed by atoms with van der Waals surface area (Å²) in [5, 5.41) is 37.6. The minimum atomic E-state index is -0.623. The van der Waals surface area contributed by atoms with Gasteiger partial charge in [-0.05, 0) is 59.0 Å². The summed E-state index contributed by atoms with van der Waals surface area (Å²) >= 11 is 3.42. The summed E-state index contributed by atoms with van der Waals surface area (Å²) in [6, 6.07) is 19.7. The van der Waals surface area contributed by atoms with Crippen LogP contribution < -0.4 is 15.5 Å². The van der Waals surface area contributed by atoms with Crippen molar-refractivity contribution in [2.75, 3.05) is 18.2 Å². The molecular formula is C25H22IN7O5S. The van der Waals surface area contributed by atoms with Crippen LogP contribution in [0, 0.1) is 13.7 Å². The Kier molecular flexibility index (Phi) is 9.32. The number of anilines is 1. The Bertz CT molecular complexity index is 1500. The van der Waals surface area contributed by atoms with E-state index in [4.69, 9.17) is 4.74 Å². The third kappa shape index (κ3) is 7.23. The average Bonchev–Trinajstić information content (AvgIpc) is 3.35. The molecule has 0 radical (unpaired) electrons. The lowest BCUT2D eigenvalue weighted by molar-refractivity contribution is -0.385. The number of phenolic OH excluding ortho intramolecular Hbond substituents is 1. The van der Waals surface area contributed by atoms with Crippen molar-refractivity contribution in [1.82, 2.24) is 20.2 Å². The van der Waals surface area contributed by atoms with E-state index in [0.717, 1.165) is 33.3 Å². The molecule has 0 spiro atoms. The summed E-state index contributed by atoms with van der Waals surface area (Å²) < 4.78 is 7.96. The largest absolute Gasteiger partial charge is 0.504 e. The maximum absolute atomic E-state index is 12.5. The van der Waals surface area contributed by atoms with Gasteiger partial charge in [0.1, 0.15) is 0 Å². The Morgan fingerprint density at radius 2 is 1.95 bits per heavy atom. The summed E-state index contributed by atoms with van der Waals surface area (Å²) in [7, 11) is 1.27. The number of phenols is 1.